The first-order valence-corrected chi connectivity index (χ1v) is 8.65. The fourth-order valence-electron chi connectivity index (χ4n) is 2.11. The molecule has 126 valence electrons. The lowest BCUT2D eigenvalue weighted by Crippen LogP contribution is -2.51. The van der Waals surface area contributed by atoms with Crippen LogP contribution < -0.4 is 5.32 Å². The third kappa shape index (κ3) is 4.09. The number of carboxylic acids is 1. The first-order chi connectivity index (χ1) is 10.7. The summed E-state index contributed by atoms with van der Waals surface area (Å²) in [5, 5.41) is 11.1. The van der Waals surface area contributed by atoms with Gasteiger partial charge in [0.25, 0.3) is 5.91 Å². The maximum Gasteiger partial charge on any atom is 0.371 e. The summed E-state index contributed by atoms with van der Waals surface area (Å²) < 4.78 is 27.5. The highest BCUT2D eigenvalue weighted by Crippen LogP contribution is 2.09. The van der Waals surface area contributed by atoms with E-state index in [0.717, 1.165) is 6.07 Å². The summed E-state index contributed by atoms with van der Waals surface area (Å²) in [6.45, 7) is 1.64. The van der Waals surface area contributed by atoms with Crippen molar-refractivity contribution >= 4 is 27.6 Å². The van der Waals surface area contributed by atoms with E-state index in [4.69, 9.17) is 9.52 Å². The van der Waals surface area contributed by atoms with E-state index in [-0.39, 0.29) is 36.1 Å². The van der Waals surface area contributed by atoms with Crippen LogP contribution in [-0.2, 0) is 14.6 Å². The van der Waals surface area contributed by atoms with E-state index in [0.29, 0.717) is 0 Å². The summed E-state index contributed by atoms with van der Waals surface area (Å²) in [6.07, 6.45) is 0. The predicted molar refractivity (Wildman–Crippen MR) is 77.8 cm³/mol. The maximum atomic E-state index is 12.2. The molecule has 1 aromatic rings. The topological polar surface area (TPSA) is 134 Å². The molecular formula is C13H16N2O7S. The third-order valence-electron chi connectivity index (χ3n) is 3.41. The minimum atomic E-state index is -3.10. The lowest BCUT2D eigenvalue weighted by Gasteiger charge is -2.29. The molecule has 1 saturated heterocycles. The van der Waals surface area contributed by atoms with Crippen molar-refractivity contribution in [3.8, 4) is 0 Å². The number of sulfone groups is 1. The zero-order valence-corrected chi connectivity index (χ0v) is 13.1. The van der Waals surface area contributed by atoms with Gasteiger partial charge in [-0.3, -0.25) is 9.59 Å². The Hall–Kier alpha value is -2.36. The Morgan fingerprint density at radius 1 is 1.22 bits per heavy atom. The normalized spacial score (nSPS) is 18.2. The summed E-state index contributed by atoms with van der Waals surface area (Å²) in [5.41, 5.74) is 0. The molecule has 10 heteroatoms. The van der Waals surface area contributed by atoms with Crippen LogP contribution in [0.3, 0.4) is 0 Å². The summed E-state index contributed by atoms with van der Waals surface area (Å²) >= 11 is 0. The molecule has 9 nitrogen and oxygen atoms in total. The van der Waals surface area contributed by atoms with Crippen molar-refractivity contribution in [1.29, 1.82) is 0 Å². The Morgan fingerprint density at radius 3 is 2.30 bits per heavy atom. The molecule has 0 bridgehead atoms. The number of nitrogens with one attached hydrogen (secondary N) is 1. The van der Waals surface area contributed by atoms with E-state index in [9.17, 15) is 22.8 Å². The van der Waals surface area contributed by atoms with Gasteiger partial charge in [-0.15, -0.1) is 0 Å². The van der Waals surface area contributed by atoms with Crippen LogP contribution in [0.4, 0.5) is 0 Å². The number of nitrogens with zero attached hydrogens (tertiary/aromatic N) is 1. The number of carbonyl (C=O) groups is 3. The average molecular weight is 344 g/mol. The lowest BCUT2D eigenvalue weighted by molar-refractivity contribution is -0.132. The number of carboxylic acid groups (broad SMARTS) is 1. The number of rotatable bonds is 4. The number of aromatic carboxylic acids is 1. The van der Waals surface area contributed by atoms with E-state index >= 15 is 0 Å². The summed E-state index contributed by atoms with van der Waals surface area (Å²) in [5.74, 6) is -3.22. The molecule has 1 aromatic heterocycles. The van der Waals surface area contributed by atoms with Gasteiger partial charge in [-0.05, 0) is 19.1 Å². The zero-order valence-electron chi connectivity index (χ0n) is 12.3. The Labute approximate surface area is 132 Å². The molecule has 23 heavy (non-hydrogen) atoms. The largest absolute Gasteiger partial charge is 0.475 e. The van der Waals surface area contributed by atoms with Crippen LogP contribution in [0.15, 0.2) is 16.5 Å². The smallest absolute Gasteiger partial charge is 0.371 e. The van der Waals surface area contributed by atoms with E-state index in [1.807, 2.05) is 0 Å². The molecule has 1 fully saturated rings. The molecule has 1 aliphatic rings. The molecule has 2 heterocycles. The molecule has 0 spiro atoms. The van der Waals surface area contributed by atoms with Crippen molar-refractivity contribution in [3.63, 3.8) is 0 Å². The first kappa shape index (κ1) is 17.0. The summed E-state index contributed by atoms with van der Waals surface area (Å²) in [7, 11) is -3.10. The fourth-order valence-corrected chi connectivity index (χ4v) is 3.31. The average Bonchev–Trinajstić information content (AvgIpc) is 2.96. The van der Waals surface area contributed by atoms with E-state index < -0.39 is 33.7 Å². The molecule has 0 radical (unpaired) electrons. The van der Waals surface area contributed by atoms with Gasteiger partial charge in [0.2, 0.25) is 11.7 Å². The Balaban J connectivity index is 1.95. The Morgan fingerprint density at radius 2 is 1.78 bits per heavy atom. The summed E-state index contributed by atoms with van der Waals surface area (Å²) in [6, 6.07) is 1.45. The first-order valence-electron chi connectivity index (χ1n) is 6.83. The molecule has 0 aromatic carbocycles. The van der Waals surface area contributed by atoms with Gasteiger partial charge < -0.3 is 19.7 Å². The number of amides is 2. The van der Waals surface area contributed by atoms with Crippen molar-refractivity contribution in [3.05, 3.63) is 23.7 Å². The molecule has 1 atom stereocenters. The van der Waals surface area contributed by atoms with Gasteiger partial charge in [-0.1, -0.05) is 0 Å². The maximum absolute atomic E-state index is 12.2. The van der Waals surface area contributed by atoms with Crippen LogP contribution in [0.1, 0.15) is 28.0 Å². The highest BCUT2D eigenvalue weighted by molar-refractivity contribution is 7.91. The van der Waals surface area contributed by atoms with Crippen molar-refractivity contribution in [2.75, 3.05) is 24.6 Å². The predicted octanol–water partition coefficient (Wildman–Crippen LogP) is -0.647. The second-order valence-electron chi connectivity index (χ2n) is 5.14. The van der Waals surface area contributed by atoms with Gasteiger partial charge in [0.15, 0.2) is 15.6 Å². The standard InChI is InChI=1S/C13H16N2O7S/c1-8(12(17)15-4-6-23(20,21)7-5-15)14-11(16)9-2-3-10(22-9)13(18)19/h2-3,8H,4-7H2,1H3,(H,14,16)(H,18,19). The second kappa shape index (κ2) is 6.41. The monoisotopic (exact) mass is 344 g/mol. The summed E-state index contributed by atoms with van der Waals surface area (Å²) in [4.78, 5) is 36.2. The minimum absolute atomic E-state index is 0.0886. The molecule has 1 unspecified atom stereocenters. The van der Waals surface area contributed by atoms with Gasteiger partial charge in [0.05, 0.1) is 11.5 Å². The SMILES string of the molecule is CC(NC(=O)c1ccc(C(=O)O)o1)C(=O)N1CCS(=O)(=O)CC1. The number of carbonyl (C=O) groups excluding carboxylic acids is 2. The highest BCUT2D eigenvalue weighted by Gasteiger charge is 2.29. The fraction of sp³-hybridized carbons (Fsp3) is 0.462. The van der Waals surface area contributed by atoms with Gasteiger partial charge in [0.1, 0.15) is 6.04 Å². The van der Waals surface area contributed by atoms with Gasteiger partial charge in [-0.2, -0.15) is 0 Å². The minimum Gasteiger partial charge on any atom is -0.475 e. The second-order valence-corrected chi connectivity index (χ2v) is 7.44. The van der Waals surface area contributed by atoms with E-state index in [1.54, 1.807) is 0 Å². The number of furan rings is 1. The van der Waals surface area contributed by atoms with Crippen molar-refractivity contribution in [2.45, 2.75) is 13.0 Å². The van der Waals surface area contributed by atoms with Crippen molar-refractivity contribution in [2.24, 2.45) is 0 Å². The molecule has 2 amide bonds. The van der Waals surface area contributed by atoms with Crippen LogP contribution in [0.25, 0.3) is 0 Å². The third-order valence-corrected chi connectivity index (χ3v) is 5.02. The quantitative estimate of drug-likeness (QED) is 0.741. The molecule has 2 N–H and O–H groups in total. The van der Waals surface area contributed by atoms with E-state index in [2.05, 4.69) is 5.32 Å². The van der Waals surface area contributed by atoms with Crippen molar-refractivity contribution in [1.82, 2.24) is 10.2 Å². The number of hydrogen-bond donors (Lipinski definition) is 2. The lowest BCUT2D eigenvalue weighted by atomic mass is 10.2. The van der Waals surface area contributed by atoms with Crippen LogP contribution >= 0.6 is 0 Å². The van der Waals surface area contributed by atoms with Crippen LogP contribution in [0.2, 0.25) is 0 Å². The van der Waals surface area contributed by atoms with Crippen LogP contribution in [0.5, 0.6) is 0 Å². The van der Waals surface area contributed by atoms with Gasteiger partial charge in [-0.25, -0.2) is 13.2 Å². The molecular weight excluding hydrogens is 328 g/mol. The Kier molecular flexibility index (Phi) is 4.73. The van der Waals surface area contributed by atoms with Crippen molar-refractivity contribution < 1.29 is 32.3 Å². The molecule has 2 rings (SSSR count). The highest BCUT2D eigenvalue weighted by atomic mass is 32.2. The molecule has 0 aliphatic carbocycles. The zero-order chi connectivity index (χ0) is 17.2. The Bertz CT molecular complexity index is 723. The number of hydrogen-bond acceptors (Lipinski definition) is 6. The molecule has 0 saturated carbocycles. The van der Waals surface area contributed by atoms with Gasteiger partial charge in [0, 0.05) is 13.1 Å². The molecule has 1 aliphatic heterocycles. The van der Waals surface area contributed by atoms with Crippen LogP contribution in [-0.4, -0.2) is 66.8 Å². The van der Waals surface area contributed by atoms with E-state index in [1.165, 1.54) is 17.9 Å². The van der Waals surface area contributed by atoms with Crippen LogP contribution in [0, 0.1) is 0 Å². The van der Waals surface area contributed by atoms with Gasteiger partial charge >= 0.3 is 5.97 Å².